The normalized spacial score (nSPS) is 12.5. The molecule has 0 saturated heterocycles. The summed E-state index contributed by atoms with van der Waals surface area (Å²) < 4.78 is 0. The molecular weight excluding hydrogens is 228 g/mol. The Hall–Kier alpha value is -1.55. The summed E-state index contributed by atoms with van der Waals surface area (Å²) >= 11 is 0. The fourth-order valence-electron chi connectivity index (χ4n) is 1.81. The molecule has 0 fully saturated rings. The highest BCUT2D eigenvalue weighted by Crippen LogP contribution is 2.22. The lowest BCUT2D eigenvalue weighted by Gasteiger charge is -2.20. The quantitative estimate of drug-likeness (QED) is 0.814. The molecule has 0 aliphatic heterocycles. The minimum Gasteiger partial charge on any atom is -0.478 e. The molecule has 0 aliphatic rings. The number of carboxylic acid groups (broad SMARTS) is 1. The van der Waals surface area contributed by atoms with E-state index in [0.717, 1.165) is 24.2 Å². The first kappa shape index (κ1) is 14.5. The molecule has 4 heteroatoms. The third-order valence-corrected chi connectivity index (χ3v) is 2.90. The van der Waals surface area contributed by atoms with Crippen molar-refractivity contribution in [3.63, 3.8) is 0 Å². The van der Waals surface area contributed by atoms with Crippen molar-refractivity contribution < 1.29 is 9.90 Å². The zero-order valence-corrected chi connectivity index (χ0v) is 11.5. The molecule has 1 aromatic rings. The number of aryl methyl sites for hydroxylation is 1. The van der Waals surface area contributed by atoms with Gasteiger partial charge in [-0.25, -0.2) is 4.79 Å². The summed E-state index contributed by atoms with van der Waals surface area (Å²) in [6, 6.07) is 5.57. The van der Waals surface area contributed by atoms with E-state index in [-0.39, 0.29) is 6.04 Å². The molecule has 0 saturated carbocycles. The summed E-state index contributed by atoms with van der Waals surface area (Å²) in [5, 5.41) is 12.5. The maximum Gasteiger partial charge on any atom is 0.337 e. The lowest BCUT2D eigenvalue weighted by atomic mass is 10.1. The molecule has 0 radical (unpaired) electrons. The highest BCUT2D eigenvalue weighted by Gasteiger charge is 2.13. The summed E-state index contributed by atoms with van der Waals surface area (Å²) in [5.74, 6) is -0.888. The van der Waals surface area contributed by atoms with Gasteiger partial charge in [0.2, 0.25) is 0 Å². The average Bonchev–Trinajstić information content (AvgIpc) is 2.28. The second kappa shape index (κ2) is 6.40. The van der Waals surface area contributed by atoms with Crippen LogP contribution in [0, 0.1) is 6.92 Å². The monoisotopic (exact) mass is 250 g/mol. The molecule has 0 amide bonds. The van der Waals surface area contributed by atoms with Crippen LogP contribution in [0.15, 0.2) is 18.2 Å². The van der Waals surface area contributed by atoms with Crippen LogP contribution in [0.5, 0.6) is 0 Å². The largest absolute Gasteiger partial charge is 0.478 e. The van der Waals surface area contributed by atoms with Gasteiger partial charge in [0.1, 0.15) is 0 Å². The average molecular weight is 250 g/mol. The molecule has 0 aliphatic carbocycles. The first-order valence-corrected chi connectivity index (χ1v) is 6.16. The molecule has 1 aromatic carbocycles. The molecule has 0 spiro atoms. The Morgan fingerprint density at radius 3 is 2.67 bits per heavy atom. The molecule has 100 valence electrons. The second-order valence-electron chi connectivity index (χ2n) is 4.94. The zero-order valence-electron chi connectivity index (χ0n) is 11.5. The van der Waals surface area contributed by atoms with E-state index in [0.29, 0.717) is 5.56 Å². The van der Waals surface area contributed by atoms with E-state index in [1.807, 2.05) is 27.1 Å². The smallest absolute Gasteiger partial charge is 0.337 e. The van der Waals surface area contributed by atoms with Crippen LogP contribution in [-0.4, -0.2) is 42.7 Å². The maximum atomic E-state index is 11.2. The number of anilines is 1. The van der Waals surface area contributed by atoms with E-state index < -0.39 is 5.97 Å². The van der Waals surface area contributed by atoms with Crippen LogP contribution in [0.1, 0.15) is 29.3 Å². The van der Waals surface area contributed by atoms with Crippen molar-refractivity contribution in [1.29, 1.82) is 0 Å². The summed E-state index contributed by atoms with van der Waals surface area (Å²) in [4.78, 5) is 13.3. The van der Waals surface area contributed by atoms with Gasteiger partial charge >= 0.3 is 5.97 Å². The van der Waals surface area contributed by atoms with Crippen LogP contribution in [0.4, 0.5) is 5.69 Å². The number of benzene rings is 1. The highest BCUT2D eigenvalue weighted by atomic mass is 16.4. The molecule has 0 bridgehead atoms. The Kier molecular flexibility index (Phi) is 5.16. The Labute approximate surface area is 109 Å². The first-order valence-electron chi connectivity index (χ1n) is 6.16. The van der Waals surface area contributed by atoms with Crippen molar-refractivity contribution in [2.75, 3.05) is 26.0 Å². The maximum absolute atomic E-state index is 11.2. The Morgan fingerprint density at radius 1 is 1.44 bits per heavy atom. The van der Waals surface area contributed by atoms with Gasteiger partial charge in [-0.2, -0.15) is 0 Å². The molecule has 4 nitrogen and oxygen atoms in total. The van der Waals surface area contributed by atoms with Crippen molar-refractivity contribution in [1.82, 2.24) is 4.90 Å². The minimum absolute atomic E-state index is 0.242. The lowest BCUT2D eigenvalue weighted by molar-refractivity contribution is 0.0698. The van der Waals surface area contributed by atoms with Crippen molar-refractivity contribution in [3.8, 4) is 0 Å². The Balaban J connectivity index is 2.80. The van der Waals surface area contributed by atoms with Crippen LogP contribution < -0.4 is 5.32 Å². The molecule has 18 heavy (non-hydrogen) atoms. The van der Waals surface area contributed by atoms with Crippen LogP contribution in [0.2, 0.25) is 0 Å². The predicted octanol–water partition coefficient (Wildman–Crippen LogP) is 2.45. The zero-order chi connectivity index (χ0) is 13.7. The summed E-state index contributed by atoms with van der Waals surface area (Å²) in [6.45, 7) is 4.97. The van der Waals surface area contributed by atoms with Crippen LogP contribution >= 0.6 is 0 Å². The Bertz CT molecular complexity index is 416. The van der Waals surface area contributed by atoms with E-state index in [4.69, 9.17) is 0 Å². The number of rotatable bonds is 6. The van der Waals surface area contributed by atoms with Crippen LogP contribution in [0.25, 0.3) is 0 Å². The van der Waals surface area contributed by atoms with Gasteiger partial charge in [-0.3, -0.25) is 0 Å². The first-order chi connectivity index (χ1) is 8.41. The van der Waals surface area contributed by atoms with Crippen LogP contribution in [0.3, 0.4) is 0 Å². The second-order valence-corrected chi connectivity index (χ2v) is 4.94. The molecule has 0 aromatic heterocycles. The van der Waals surface area contributed by atoms with Crippen molar-refractivity contribution in [3.05, 3.63) is 29.3 Å². The summed E-state index contributed by atoms with van der Waals surface area (Å²) in [7, 11) is 4.06. The van der Waals surface area contributed by atoms with Crippen molar-refractivity contribution in [2.45, 2.75) is 26.3 Å². The fourth-order valence-corrected chi connectivity index (χ4v) is 1.81. The number of carboxylic acids is 1. The van der Waals surface area contributed by atoms with Gasteiger partial charge in [-0.05, 0) is 52.5 Å². The lowest BCUT2D eigenvalue weighted by Crippen LogP contribution is -2.24. The number of nitrogens with zero attached hydrogens (tertiary/aromatic N) is 1. The minimum atomic E-state index is -0.888. The van der Waals surface area contributed by atoms with Gasteiger partial charge in [-0.1, -0.05) is 12.1 Å². The number of para-hydroxylation sites is 1. The number of carbonyl (C=O) groups is 1. The summed E-state index contributed by atoms with van der Waals surface area (Å²) in [6.07, 6.45) is 0.973. The SMILES string of the molecule is Cc1cccc(C(=O)O)c1NC(C)CCN(C)C. The predicted molar refractivity (Wildman–Crippen MR) is 74.4 cm³/mol. The third kappa shape index (κ3) is 4.04. The van der Waals surface area contributed by atoms with Gasteiger partial charge in [0.15, 0.2) is 0 Å². The summed E-state index contributed by atoms with van der Waals surface area (Å²) in [5.41, 5.74) is 2.04. The number of aromatic carboxylic acids is 1. The molecule has 1 unspecified atom stereocenters. The molecule has 1 atom stereocenters. The number of hydrogen-bond acceptors (Lipinski definition) is 3. The third-order valence-electron chi connectivity index (χ3n) is 2.90. The van der Waals surface area contributed by atoms with E-state index in [1.54, 1.807) is 12.1 Å². The topological polar surface area (TPSA) is 52.6 Å². The van der Waals surface area contributed by atoms with Crippen molar-refractivity contribution >= 4 is 11.7 Å². The highest BCUT2D eigenvalue weighted by molar-refractivity contribution is 5.95. The molecule has 0 heterocycles. The number of nitrogens with one attached hydrogen (secondary N) is 1. The van der Waals surface area contributed by atoms with Gasteiger partial charge in [0.05, 0.1) is 11.3 Å². The van der Waals surface area contributed by atoms with Gasteiger partial charge in [0, 0.05) is 6.04 Å². The molecule has 2 N–H and O–H groups in total. The fraction of sp³-hybridized carbons (Fsp3) is 0.500. The number of hydrogen-bond donors (Lipinski definition) is 2. The van der Waals surface area contributed by atoms with Crippen molar-refractivity contribution in [2.24, 2.45) is 0 Å². The van der Waals surface area contributed by atoms with E-state index in [9.17, 15) is 9.90 Å². The van der Waals surface area contributed by atoms with Crippen LogP contribution in [-0.2, 0) is 0 Å². The standard InChI is InChI=1S/C14H22N2O2/c1-10-6-5-7-12(14(17)18)13(10)15-11(2)8-9-16(3)4/h5-7,11,15H,8-9H2,1-4H3,(H,17,18). The van der Waals surface area contributed by atoms with Gasteiger partial charge in [0.25, 0.3) is 0 Å². The van der Waals surface area contributed by atoms with Gasteiger partial charge < -0.3 is 15.3 Å². The van der Waals surface area contributed by atoms with E-state index in [2.05, 4.69) is 17.1 Å². The molecular formula is C14H22N2O2. The molecule has 1 rings (SSSR count). The van der Waals surface area contributed by atoms with E-state index in [1.165, 1.54) is 0 Å². The Morgan fingerprint density at radius 2 is 2.11 bits per heavy atom. The van der Waals surface area contributed by atoms with Gasteiger partial charge in [-0.15, -0.1) is 0 Å². The van der Waals surface area contributed by atoms with E-state index >= 15 is 0 Å².